The SMILES string of the molecule is COc1ccc(N2CC(N=C=O)CC2=O)cc1. The Bertz CT molecular complexity index is 463. The van der Waals surface area contributed by atoms with Crippen LogP contribution in [0.15, 0.2) is 29.3 Å². The van der Waals surface area contributed by atoms with E-state index in [2.05, 4.69) is 4.99 Å². The number of nitrogens with zero attached hydrogens (tertiary/aromatic N) is 2. The lowest BCUT2D eigenvalue weighted by molar-refractivity contribution is -0.117. The average molecular weight is 232 g/mol. The van der Waals surface area contributed by atoms with Crippen LogP contribution in [0.1, 0.15) is 6.42 Å². The number of rotatable bonds is 3. The fraction of sp³-hybridized carbons (Fsp3) is 0.333. The summed E-state index contributed by atoms with van der Waals surface area (Å²) in [6.07, 6.45) is 1.76. The van der Waals surface area contributed by atoms with Crippen LogP contribution >= 0.6 is 0 Å². The molecule has 5 nitrogen and oxygen atoms in total. The quantitative estimate of drug-likeness (QED) is 0.580. The third-order valence-electron chi connectivity index (χ3n) is 2.72. The zero-order chi connectivity index (χ0) is 12.3. The smallest absolute Gasteiger partial charge is 0.235 e. The molecule has 0 aromatic heterocycles. The summed E-state index contributed by atoms with van der Waals surface area (Å²) in [4.78, 5) is 27.1. The van der Waals surface area contributed by atoms with E-state index >= 15 is 0 Å². The number of isocyanates is 1. The van der Waals surface area contributed by atoms with E-state index in [9.17, 15) is 9.59 Å². The van der Waals surface area contributed by atoms with Crippen LogP contribution in [0.3, 0.4) is 0 Å². The molecule has 1 fully saturated rings. The number of aliphatic imine (C=N–C) groups is 1. The second-order valence-electron chi connectivity index (χ2n) is 3.78. The van der Waals surface area contributed by atoms with E-state index in [-0.39, 0.29) is 18.4 Å². The first-order valence-corrected chi connectivity index (χ1v) is 5.26. The van der Waals surface area contributed by atoms with Gasteiger partial charge < -0.3 is 9.64 Å². The Morgan fingerprint density at radius 2 is 2.12 bits per heavy atom. The van der Waals surface area contributed by atoms with Crippen molar-refractivity contribution in [2.24, 2.45) is 4.99 Å². The molecule has 0 saturated carbocycles. The molecule has 1 aromatic rings. The first-order chi connectivity index (χ1) is 8.24. The molecule has 17 heavy (non-hydrogen) atoms. The van der Waals surface area contributed by atoms with Crippen LogP contribution in [-0.4, -0.2) is 31.7 Å². The number of carbonyl (C=O) groups excluding carboxylic acids is 2. The van der Waals surface area contributed by atoms with Gasteiger partial charge in [-0.2, -0.15) is 0 Å². The van der Waals surface area contributed by atoms with Crippen LogP contribution in [-0.2, 0) is 9.59 Å². The van der Waals surface area contributed by atoms with Crippen molar-refractivity contribution in [1.29, 1.82) is 0 Å². The molecular formula is C12H12N2O3. The summed E-state index contributed by atoms with van der Waals surface area (Å²) >= 11 is 0. The Labute approximate surface area is 98.7 Å². The Hall–Kier alpha value is -2.13. The molecule has 0 spiro atoms. The molecule has 1 amide bonds. The highest BCUT2D eigenvalue weighted by molar-refractivity contribution is 5.96. The maximum atomic E-state index is 11.7. The van der Waals surface area contributed by atoms with Crippen molar-refractivity contribution in [3.05, 3.63) is 24.3 Å². The first-order valence-electron chi connectivity index (χ1n) is 5.26. The topological polar surface area (TPSA) is 59.0 Å². The summed E-state index contributed by atoms with van der Waals surface area (Å²) in [5.41, 5.74) is 0.791. The highest BCUT2D eigenvalue weighted by Gasteiger charge is 2.30. The molecule has 5 heteroatoms. The minimum absolute atomic E-state index is 0.0285. The van der Waals surface area contributed by atoms with Gasteiger partial charge in [-0.25, -0.2) is 9.79 Å². The van der Waals surface area contributed by atoms with E-state index in [0.29, 0.717) is 6.54 Å². The van der Waals surface area contributed by atoms with Gasteiger partial charge in [0.15, 0.2) is 0 Å². The molecule has 0 N–H and O–H groups in total. The molecule has 1 aliphatic rings. The van der Waals surface area contributed by atoms with Gasteiger partial charge in [-0.1, -0.05) is 0 Å². The molecule has 0 radical (unpaired) electrons. The van der Waals surface area contributed by atoms with Gasteiger partial charge in [-0.15, -0.1) is 0 Å². The third kappa shape index (κ3) is 2.34. The third-order valence-corrected chi connectivity index (χ3v) is 2.72. The van der Waals surface area contributed by atoms with Gasteiger partial charge in [0.2, 0.25) is 12.0 Å². The molecule has 1 aliphatic heterocycles. The predicted molar refractivity (Wildman–Crippen MR) is 61.9 cm³/mol. The van der Waals surface area contributed by atoms with Crippen LogP contribution in [0.5, 0.6) is 5.75 Å². The molecule has 1 aromatic carbocycles. The molecule has 0 aliphatic carbocycles. The summed E-state index contributed by atoms with van der Waals surface area (Å²) < 4.78 is 5.05. The first kappa shape index (κ1) is 11.4. The van der Waals surface area contributed by atoms with Crippen molar-refractivity contribution in [3.8, 4) is 5.75 Å². The van der Waals surface area contributed by atoms with Crippen LogP contribution in [0, 0.1) is 0 Å². The van der Waals surface area contributed by atoms with Gasteiger partial charge >= 0.3 is 0 Å². The molecule has 1 saturated heterocycles. The number of hydrogen-bond donors (Lipinski definition) is 0. The van der Waals surface area contributed by atoms with Crippen LogP contribution in [0.4, 0.5) is 5.69 Å². The highest BCUT2D eigenvalue weighted by Crippen LogP contribution is 2.24. The van der Waals surface area contributed by atoms with E-state index in [1.807, 2.05) is 12.1 Å². The molecular weight excluding hydrogens is 220 g/mol. The lowest BCUT2D eigenvalue weighted by atomic mass is 10.3. The van der Waals surface area contributed by atoms with E-state index in [4.69, 9.17) is 4.74 Å². The number of hydrogen-bond acceptors (Lipinski definition) is 4. The Balaban J connectivity index is 2.16. The second kappa shape index (κ2) is 4.80. The monoisotopic (exact) mass is 232 g/mol. The van der Waals surface area contributed by atoms with Crippen LogP contribution in [0.25, 0.3) is 0 Å². The van der Waals surface area contributed by atoms with Crippen LogP contribution < -0.4 is 9.64 Å². The minimum Gasteiger partial charge on any atom is -0.497 e. The predicted octanol–water partition coefficient (Wildman–Crippen LogP) is 1.14. The summed E-state index contributed by atoms with van der Waals surface area (Å²) in [6.45, 7) is 0.431. The number of ether oxygens (including phenoxy) is 1. The second-order valence-corrected chi connectivity index (χ2v) is 3.78. The van der Waals surface area contributed by atoms with Crippen molar-refractivity contribution >= 4 is 17.7 Å². The Kier molecular flexibility index (Phi) is 3.21. The summed E-state index contributed by atoms with van der Waals surface area (Å²) in [5, 5.41) is 0. The summed E-state index contributed by atoms with van der Waals surface area (Å²) in [7, 11) is 1.59. The van der Waals surface area contributed by atoms with Crippen molar-refractivity contribution < 1.29 is 14.3 Å². The molecule has 2 rings (SSSR count). The standard InChI is InChI=1S/C12H12N2O3/c1-17-11-4-2-10(3-5-11)14-7-9(13-8-15)6-12(14)16/h2-5,9H,6-7H2,1H3. The Morgan fingerprint density at radius 1 is 1.41 bits per heavy atom. The summed E-state index contributed by atoms with van der Waals surface area (Å²) in [5.74, 6) is 0.710. The fourth-order valence-corrected chi connectivity index (χ4v) is 1.86. The maximum Gasteiger partial charge on any atom is 0.235 e. The van der Waals surface area contributed by atoms with E-state index in [1.165, 1.54) is 6.08 Å². The number of amides is 1. The van der Waals surface area contributed by atoms with E-state index in [0.717, 1.165) is 11.4 Å². The zero-order valence-electron chi connectivity index (χ0n) is 9.42. The normalized spacial score (nSPS) is 19.0. The Morgan fingerprint density at radius 3 is 2.71 bits per heavy atom. The number of benzene rings is 1. The molecule has 0 bridgehead atoms. The minimum atomic E-state index is -0.276. The van der Waals surface area contributed by atoms with Crippen molar-refractivity contribution in [3.63, 3.8) is 0 Å². The van der Waals surface area contributed by atoms with Crippen molar-refractivity contribution in [2.75, 3.05) is 18.6 Å². The van der Waals surface area contributed by atoms with Gasteiger partial charge in [-0.05, 0) is 24.3 Å². The number of anilines is 1. The fourth-order valence-electron chi connectivity index (χ4n) is 1.86. The van der Waals surface area contributed by atoms with Crippen molar-refractivity contribution in [2.45, 2.75) is 12.5 Å². The van der Waals surface area contributed by atoms with E-state index in [1.54, 1.807) is 24.1 Å². The van der Waals surface area contributed by atoms with Gasteiger partial charge in [0, 0.05) is 12.2 Å². The maximum absolute atomic E-state index is 11.7. The van der Waals surface area contributed by atoms with Gasteiger partial charge in [0.05, 0.1) is 19.6 Å². The van der Waals surface area contributed by atoms with Crippen molar-refractivity contribution in [1.82, 2.24) is 0 Å². The van der Waals surface area contributed by atoms with Crippen LogP contribution in [0.2, 0.25) is 0 Å². The zero-order valence-corrected chi connectivity index (χ0v) is 9.42. The molecule has 1 heterocycles. The number of carbonyl (C=O) groups is 1. The average Bonchev–Trinajstić information content (AvgIpc) is 2.71. The highest BCUT2D eigenvalue weighted by atomic mass is 16.5. The van der Waals surface area contributed by atoms with E-state index < -0.39 is 0 Å². The van der Waals surface area contributed by atoms with Gasteiger partial charge in [0.25, 0.3) is 0 Å². The molecule has 88 valence electrons. The lowest BCUT2D eigenvalue weighted by Gasteiger charge is -2.15. The lowest BCUT2D eigenvalue weighted by Crippen LogP contribution is -2.24. The molecule has 1 unspecified atom stereocenters. The van der Waals surface area contributed by atoms with Gasteiger partial charge in [-0.3, -0.25) is 4.79 Å². The molecule has 1 atom stereocenters. The number of methoxy groups -OCH3 is 1. The largest absolute Gasteiger partial charge is 0.497 e. The summed E-state index contributed by atoms with van der Waals surface area (Å²) in [6, 6.07) is 6.92. The van der Waals surface area contributed by atoms with Gasteiger partial charge in [0.1, 0.15) is 5.75 Å².